The molecule has 0 atom stereocenters. The second-order valence-corrected chi connectivity index (χ2v) is 5.95. The molecule has 0 aliphatic heterocycles. The van der Waals surface area contributed by atoms with Gasteiger partial charge in [-0.05, 0) is 6.42 Å². The second-order valence-electron chi connectivity index (χ2n) is 3.77. The Morgan fingerprint density at radius 2 is 1.27 bits per heavy atom. The first kappa shape index (κ1) is 15.8. The summed E-state index contributed by atoms with van der Waals surface area (Å²) in [5, 5.41) is 0. The number of hydrogen-bond donors (Lipinski definition) is 0. The van der Waals surface area contributed by atoms with Gasteiger partial charge in [-0.2, -0.15) is 0 Å². The fraction of sp³-hybridized carbons (Fsp3) is 1.00. The first-order valence-electron chi connectivity index (χ1n) is 5.77. The van der Waals surface area contributed by atoms with Crippen molar-refractivity contribution in [3.63, 3.8) is 0 Å². The Morgan fingerprint density at radius 1 is 0.800 bits per heavy atom. The monoisotopic (exact) mass is 274 g/mol. The fourth-order valence-electron chi connectivity index (χ4n) is 1.42. The molecule has 0 rings (SSSR count). The van der Waals surface area contributed by atoms with Gasteiger partial charge in [0.25, 0.3) is 3.98 Å². The molecule has 4 heteroatoms. The lowest BCUT2D eigenvalue weighted by molar-refractivity contribution is 0.125. The number of rotatable bonds is 9. The standard InChI is InChI=1S/C11H21Cl3O/c1-2-3-4-5-6-7-8-9-10-15-11(12,13)14/h2-10H2,1H3. The van der Waals surface area contributed by atoms with Gasteiger partial charge in [0.05, 0.1) is 6.61 Å². The Balaban J connectivity index is 2.99. The van der Waals surface area contributed by atoms with Crippen LogP contribution in [0.15, 0.2) is 0 Å². The van der Waals surface area contributed by atoms with Crippen molar-refractivity contribution in [2.45, 2.75) is 62.3 Å². The lowest BCUT2D eigenvalue weighted by Crippen LogP contribution is -2.09. The lowest BCUT2D eigenvalue weighted by Gasteiger charge is -2.11. The first-order chi connectivity index (χ1) is 7.06. The van der Waals surface area contributed by atoms with E-state index < -0.39 is 3.98 Å². The third kappa shape index (κ3) is 14.8. The van der Waals surface area contributed by atoms with Crippen LogP contribution in [0.4, 0.5) is 0 Å². The van der Waals surface area contributed by atoms with Crippen LogP contribution in [-0.4, -0.2) is 10.6 Å². The molecule has 0 amide bonds. The molecular weight excluding hydrogens is 254 g/mol. The quantitative estimate of drug-likeness (QED) is 0.400. The highest BCUT2D eigenvalue weighted by molar-refractivity contribution is 6.66. The van der Waals surface area contributed by atoms with Crippen molar-refractivity contribution in [3.8, 4) is 0 Å². The number of alkyl halides is 3. The molecule has 0 heterocycles. The number of ether oxygens (including phenoxy) is 1. The Bertz CT molecular complexity index is 134. The van der Waals surface area contributed by atoms with E-state index in [-0.39, 0.29) is 0 Å². The van der Waals surface area contributed by atoms with E-state index in [9.17, 15) is 0 Å². The van der Waals surface area contributed by atoms with Crippen LogP contribution in [0.1, 0.15) is 58.3 Å². The van der Waals surface area contributed by atoms with Crippen LogP contribution in [0.5, 0.6) is 0 Å². The van der Waals surface area contributed by atoms with Gasteiger partial charge in [-0.25, -0.2) is 0 Å². The highest BCUT2D eigenvalue weighted by Gasteiger charge is 2.18. The zero-order valence-corrected chi connectivity index (χ0v) is 11.7. The Labute approximate surface area is 108 Å². The molecule has 0 saturated carbocycles. The van der Waals surface area contributed by atoms with Crippen LogP contribution >= 0.6 is 34.8 Å². The van der Waals surface area contributed by atoms with E-state index in [1.807, 2.05) is 0 Å². The molecule has 15 heavy (non-hydrogen) atoms. The summed E-state index contributed by atoms with van der Waals surface area (Å²) in [6.07, 6.45) is 10.1. The topological polar surface area (TPSA) is 9.23 Å². The average Bonchev–Trinajstić information content (AvgIpc) is 2.14. The highest BCUT2D eigenvalue weighted by Crippen LogP contribution is 2.27. The summed E-state index contributed by atoms with van der Waals surface area (Å²) in [4.78, 5) is 0. The SMILES string of the molecule is CCCCCCCCCCOC(Cl)(Cl)Cl. The van der Waals surface area contributed by atoms with Gasteiger partial charge in [0.1, 0.15) is 0 Å². The van der Waals surface area contributed by atoms with E-state index in [4.69, 9.17) is 39.5 Å². The van der Waals surface area contributed by atoms with Crippen LogP contribution in [0.25, 0.3) is 0 Å². The molecular formula is C11H21Cl3O. The normalized spacial score (nSPS) is 12.0. The zero-order chi connectivity index (χ0) is 11.6. The molecule has 0 unspecified atom stereocenters. The Morgan fingerprint density at radius 3 is 1.73 bits per heavy atom. The number of halogens is 3. The van der Waals surface area contributed by atoms with E-state index in [0.29, 0.717) is 6.61 Å². The number of hydrogen-bond acceptors (Lipinski definition) is 1. The summed E-state index contributed by atoms with van der Waals surface area (Å²) in [6.45, 7) is 2.76. The average molecular weight is 276 g/mol. The minimum Gasteiger partial charge on any atom is -0.334 e. The predicted molar refractivity (Wildman–Crippen MR) is 68.9 cm³/mol. The molecule has 1 nitrogen and oxygen atoms in total. The Kier molecular flexibility index (Phi) is 10.6. The molecule has 0 N–H and O–H groups in total. The van der Waals surface area contributed by atoms with E-state index in [2.05, 4.69) is 6.92 Å². The molecule has 0 bridgehead atoms. The van der Waals surface area contributed by atoms with Gasteiger partial charge < -0.3 is 4.74 Å². The number of unbranched alkanes of at least 4 members (excludes halogenated alkanes) is 7. The second kappa shape index (κ2) is 10.0. The highest BCUT2D eigenvalue weighted by atomic mass is 35.6. The molecule has 0 aromatic carbocycles. The van der Waals surface area contributed by atoms with Crippen molar-refractivity contribution in [2.75, 3.05) is 6.61 Å². The molecule has 0 fully saturated rings. The maximum absolute atomic E-state index is 5.44. The van der Waals surface area contributed by atoms with E-state index >= 15 is 0 Å². The maximum atomic E-state index is 5.44. The van der Waals surface area contributed by atoms with Gasteiger partial charge in [0, 0.05) is 0 Å². The summed E-state index contributed by atoms with van der Waals surface area (Å²) in [6, 6.07) is 0. The molecule has 92 valence electrons. The van der Waals surface area contributed by atoms with Crippen LogP contribution in [-0.2, 0) is 4.74 Å². The van der Waals surface area contributed by atoms with Gasteiger partial charge in [0.2, 0.25) is 0 Å². The van der Waals surface area contributed by atoms with Crippen LogP contribution < -0.4 is 0 Å². The smallest absolute Gasteiger partial charge is 0.297 e. The molecule has 0 aliphatic rings. The Hall–Kier alpha value is 0.830. The van der Waals surface area contributed by atoms with Crippen LogP contribution in [0, 0.1) is 0 Å². The van der Waals surface area contributed by atoms with Crippen molar-refractivity contribution in [2.24, 2.45) is 0 Å². The van der Waals surface area contributed by atoms with Crippen molar-refractivity contribution in [1.82, 2.24) is 0 Å². The van der Waals surface area contributed by atoms with E-state index in [1.165, 1.54) is 38.5 Å². The summed E-state index contributed by atoms with van der Waals surface area (Å²) >= 11 is 16.3. The minimum absolute atomic E-state index is 0.533. The summed E-state index contributed by atoms with van der Waals surface area (Å²) in [5.74, 6) is 0. The van der Waals surface area contributed by atoms with Crippen molar-refractivity contribution in [3.05, 3.63) is 0 Å². The maximum Gasteiger partial charge on any atom is 0.297 e. The third-order valence-corrected chi connectivity index (χ3v) is 2.59. The third-order valence-electron chi connectivity index (χ3n) is 2.26. The van der Waals surface area contributed by atoms with Gasteiger partial charge in [-0.15, -0.1) is 0 Å². The molecule has 0 aromatic rings. The summed E-state index contributed by atoms with van der Waals surface area (Å²) in [5.41, 5.74) is 0. The first-order valence-corrected chi connectivity index (χ1v) is 6.90. The summed E-state index contributed by atoms with van der Waals surface area (Å²) < 4.78 is 3.43. The molecule has 0 aliphatic carbocycles. The zero-order valence-electron chi connectivity index (χ0n) is 9.41. The molecule has 0 spiro atoms. The molecule has 0 saturated heterocycles. The van der Waals surface area contributed by atoms with E-state index in [1.54, 1.807) is 0 Å². The van der Waals surface area contributed by atoms with Gasteiger partial charge >= 0.3 is 0 Å². The summed E-state index contributed by atoms with van der Waals surface area (Å²) in [7, 11) is 0. The van der Waals surface area contributed by atoms with Gasteiger partial charge in [-0.3, -0.25) is 0 Å². The minimum atomic E-state index is -1.54. The molecule has 0 radical (unpaired) electrons. The van der Waals surface area contributed by atoms with Crippen molar-refractivity contribution < 1.29 is 4.74 Å². The van der Waals surface area contributed by atoms with Gasteiger partial charge in [0.15, 0.2) is 0 Å². The molecule has 0 aromatic heterocycles. The van der Waals surface area contributed by atoms with Crippen molar-refractivity contribution >= 4 is 34.8 Å². The van der Waals surface area contributed by atoms with Crippen LogP contribution in [0.2, 0.25) is 0 Å². The largest absolute Gasteiger partial charge is 0.334 e. The van der Waals surface area contributed by atoms with E-state index in [0.717, 1.165) is 12.8 Å². The van der Waals surface area contributed by atoms with Crippen molar-refractivity contribution in [1.29, 1.82) is 0 Å². The lowest BCUT2D eigenvalue weighted by atomic mass is 10.1. The van der Waals surface area contributed by atoms with Crippen LogP contribution in [0.3, 0.4) is 0 Å². The predicted octanol–water partition coefficient (Wildman–Crippen LogP) is 5.47. The van der Waals surface area contributed by atoms with Gasteiger partial charge in [-0.1, -0.05) is 86.7 Å². The fourth-order valence-corrected chi connectivity index (χ4v) is 1.66.